The molecule has 1 heterocycles. The molecular weight excluding hydrogens is 338 g/mol. The van der Waals surface area contributed by atoms with Gasteiger partial charge >= 0.3 is 0 Å². The molecule has 25 heavy (non-hydrogen) atoms. The fourth-order valence-corrected chi connectivity index (χ4v) is 2.63. The fourth-order valence-electron chi connectivity index (χ4n) is 2.44. The Morgan fingerprint density at radius 1 is 1.08 bits per heavy atom. The summed E-state index contributed by atoms with van der Waals surface area (Å²) in [5.41, 5.74) is 2.09. The minimum atomic E-state index is -0.211. The lowest BCUT2D eigenvalue weighted by atomic mass is 10.0. The lowest BCUT2D eigenvalue weighted by molar-refractivity contribution is -0.123. The van der Waals surface area contributed by atoms with E-state index in [0.717, 1.165) is 11.1 Å². The summed E-state index contributed by atoms with van der Waals surface area (Å²) in [5, 5.41) is 3.39. The van der Waals surface area contributed by atoms with E-state index in [1.807, 2.05) is 36.4 Å². The molecule has 0 saturated carbocycles. The third-order valence-electron chi connectivity index (χ3n) is 3.66. The molecule has 5 heteroatoms. The summed E-state index contributed by atoms with van der Waals surface area (Å²) in [6.45, 7) is 0.275. The molecule has 0 radical (unpaired) electrons. The maximum Gasteiger partial charge on any atom is 0.258 e. The lowest BCUT2D eigenvalue weighted by Crippen LogP contribution is -2.28. The second-order valence-corrected chi connectivity index (χ2v) is 6.00. The molecule has 0 aliphatic heterocycles. The smallest absolute Gasteiger partial charge is 0.258 e. The van der Waals surface area contributed by atoms with Crippen LogP contribution in [0, 0.1) is 0 Å². The highest BCUT2D eigenvalue weighted by Gasteiger charge is 2.09. The number of amides is 1. The summed E-state index contributed by atoms with van der Waals surface area (Å²) in [6, 6.07) is 19.0. The molecule has 1 N–H and O–H groups in total. The molecule has 0 fully saturated rings. The number of rotatable bonds is 7. The van der Waals surface area contributed by atoms with Gasteiger partial charge in [0.25, 0.3) is 5.91 Å². The Balaban J connectivity index is 1.60. The van der Waals surface area contributed by atoms with E-state index in [1.165, 1.54) is 0 Å². The molecule has 0 saturated heterocycles. The average molecular weight is 356 g/mol. The third kappa shape index (κ3) is 5.13. The molecule has 0 atom stereocenters. The summed E-state index contributed by atoms with van der Waals surface area (Å²) in [5.74, 6) is 1.14. The lowest BCUT2D eigenvalue weighted by Gasteiger charge is -2.12. The molecule has 0 spiro atoms. The summed E-state index contributed by atoms with van der Waals surface area (Å²) in [4.78, 5) is 11.9. The summed E-state index contributed by atoms with van der Waals surface area (Å²) >= 11 is 6.11. The maximum atomic E-state index is 11.9. The van der Waals surface area contributed by atoms with Gasteiger partial charge in [-0.1, -0.05) is 41.9 Å². The predicted molar refractivity (Wildman–Crippen MR) is 96.7 cm³/mol. The Kier molecular flexibility index (Phi) is 5.75. The van der Waals surface area contributed by atoms with Gasteiger partial charge in [-0.25, -0.2) is 0 Å². The highest BCUT2D eigenvalue weighted by atomic mass is 35.5. The van der Waals surface area contributed by atoms with Crippen LogP contribution in [-0.4, -0.2) is 12.5 Å². The first-order valence-electron chi connectivity index (χ1n) is 7.95. The molecular formula is C20H18ClNO3. The standard InChI is InChI=1S/C20H18ClNO3/c21-17-8-9-19(16(12-17)11-15-5-2-1-3-6-15)25-14-20(23)22-13-18-7-4-10-24-18/h1-10,12H,11,13-14H2,(H,22,23). The number of hydrogen-bond acceptors (Lipinski definition) is 3. The van der Waals surface area contributed by atoms with Crippen LogP contribution < -0.4 is 10.1 Å². The normalized spacial score (nSPS) is 10.4. The number of carbonyl (C=O) groups excluding carboxylic acids is 1. The van der Waals surface area contributed by atoms with Gasteiger partial charge in [-0.3, -0.25) is 4.79 Å². The third-order valence-corrected chi connectivity index (χ3v) is 3.89. The number of hydrogen-bond donors (Lipinski definition) is 1. The number of furan rings is 1. The van der Waals surface area contributed by atoms with Crippen molar-refractivity contribution in [2.45, 2.75) is 13.0 Å². The van der Waals surface area contributed by atoms with Crippen molar-refractivity contribution < 1.29 is 13.9 Å². The topological polar surface area (TPSA) is 51.5 Å². The molecule has 3 aromatic rings. The first kappa shape index (κ1) is 17.1. The molecule has 1 amide bonds. The van der Waals surface area contributed by atoms with Gasteiger partial charge in [0, 0.05) is 11.4 Å². The Labute approximate surface area is 151 Å². The molecule has 2 aromatic carbocycles. The van der Waals surface area contributed by atoms with Crippen LogP contribution in [0.2, 0.25) is 5.02 Å². The second-order valence-electron chi connectivity index (χ2n) is 5.56. The number of halogens is 1. The van der Waals surface area contributed by atoms with Gasteiger partial charge in [-0.05, 0) is 41.5 Å². The van der Waals surface area contributed by atoms with Crippen LogP contribution in [0.3, 0.4) is 0 Å². The van der Waals surface area contributed by atoms with Gasteiger partial charge in [0.2, 0.25) is 0 Å². The van der Waals surface area contributed by atoms with E-state index in [9.17, 15) is 4.79 Å². The van der Waals surface area contributed by atoms with Crippen LogP contribution in [0.5, 0.6) is 5.75 Å². The van der Waals surface area contributed by atoms with Gasteiger partial charge in [-0.15, -0.1) is 0 Å². The van der Waals surface area contributed by atoms with E-state index in [-0.39, 0.29) is 12.5 Å². The number of ether oxygens (including phenoxy) is 1. The zero-order chi connectivity index (χ0) is 17.5. The quantitative estimate of drug-likeness (QED) is 0.690. The van der Waals surface area contributed by atoms with E-state index in [1.54, 1.807) is 30.5 Å². The van der Waals surface area contributed by atoms with Gasteiger partial charge in [0.1, 0.15) is 11.5 Å². The van der Waals surface area contributed by atoms with E-state index in [4.69, 9.17) is 20.8 Å². The predicted octanol–water partition coefficient (Wildman–Crippen LogP) is 4.22. The molecule has 3 rings (SSSR count). The van der Waals surface area contributed by atoms with Gasteiger partial charge in [0.05, 0.1) is 12.8 Å². The van der Waals surface area contributed by atoms with Crippen LogP contribution >= 0.6 is 11.6 Å². The van der Waals surface area contributed by atoms with Crippen molar-refractivity contribution >= 4 is 17.5 Å². The molecule has 0 unspecified atom stereocenters. The Morgan fingerprint density at radius 3 is 2.68 bits per heavy atom. The Bertz CT molecular complexity index is 816. The summed E-state index contributed by atoms with van der Waals surface area (Å²) in [7, 11) is 0. The zero-order valence-corrected chi connectivity index (χ0v) is 14.3. The highest BCUT2D eigenvalue weighted by Crippen LogP contribution is 2.25. The first-order chi connectivity index (χ1) is 12.2. The molecule has 0 aliphatic rings. The van der Waals surface area contributed by atoms with Crippen molar-refractivity contribution in [3.63, 3.8) is 0 Å². The minimum Gasteiger partial charge on any atom is -0.483 e. The van der Waals surface area contributed by atoms with Crippen LogP contribution in [0.4, 0.5) is 0 Å². The largest absolute Gasteiger partial charge is 0.483 e. The van der Waals surface area contributed by atoms with E-state index in [2.05, 4.69) is 5.32 Å². The Morgan fingerprint density at radius 2 is 1.92 bits per heavy atom. The van der Waals surface area contributed by atoms with Gasteiger partial charge < -0.3 is 14.5 Å². The van der Waals surface area contributed by atoms with Crippen LogP contribution in [-0.2, 0) is 17.8 Å². The summed E-state index contributed by atoms with van der Waals surface area (Å²) in [6.07, 6.45) is 2.26. The van der Waals surface area contributed by atoms with Crippen LogP contribution in [0.1, 0.15) is 16.9 Å². The van der Waals surface area contributed by atoms with Crippen molar-refractivity contribution in [3.05, 3.63) is 88.8 Å². The number of nitrogens with one attached hydrogen (secondary N) is 1. The Hall–Kier alpha value is -2.72. The van der Waals surface area contributed by atoms with Crippen LogP contribution in [0.15, 0.2) is 71.3 Å². The molecule has 128 valence electrons. The van der Waals surface area contributed by atoms with E-state index < -0.39 is 0 Å². The SMILES string of the molecule is O=C(COc1ccc(Cl)cc1Cc1ccccc1)NCc1ccco1. The van der Waals surface area contributed by atoms with Crippen molar-refractivity contribution in [3.8, 4) is 5.75 Å². The van der Waals surface area contributed by atoms with E-state index >= 15 is 0 Å². The van der Waals surface area contributed by atoms with Crippen molar-refractivity contribution in [2.24, 2.45) is 0 Å². The number of benzene rings is 2. The highest BCUT2D eigenvalue weighted by molar-refractivity contribution is 6.30. The number of carbonyl (C=O) groups is 1. The zero-order valence-electron chi connectivity index (χ0n) is 13.6. The average Bonchev–Trinajstić information content (AvgIpc) is 3.14. The monoisotopic (exact) mass is 355 g/mol. The van der Waals surface area contributed by atoms with Gasteiger partial charge in [0.15, 0.2) is 6.61 Å². The molecule has 0 bridgehead atoms. The van der Waals surface area contributed by atoms with Crippen LogP contribution in [0.25, 0.3) is 0 Å². The first-order valence-corrected chi connectivity index (χ1v) is 8.33. The molecule has 0 aliphatic carbocycles. The summed E-state index contributed by atoms with van der Waals surface area (Å²) < 4.78 is 10.9. The molecule has 1 aromatic heterocycles. The van der Waals surface area contributed by atoms with Crippen molar-refractivity contribution in [1.29, 1.82) is 0 Å². The molecule has 4 nitrogen and oxygen atoms in total. The van der Waals surface area contributed by atoms with Crippen molar-refractivity contribution in [2.75, 3.05) is 6.61 Å². The maximum absolute atomic E-state index is 11.9. The fraction of sp³-hybridized carbons (Fsp3) is 0.150. The second kappa shape index (κ2) is 8.40. The van der Waals surface area contributed by atoms with E-state index in [0.29, 0.717) is 29.5 Å². The van der Waals surface area contributed by atoms with Crippen molar-refractivity contribution in [1.82, 2.24) is 5.32 Å². The minimum absolute atomic E-state index is 0.0653. The van der Waals surface area contributed by atoms with Gasteiger partial charge in [-0.2, -0.15) is 0 Å².